The molecule has 2 aromatic heterocycles. The van der Waals surface area contributed by atoms with Crippen LogP contribution < -0.4 is 4.90 Å². The lowest BCUT2D eigenvalue weighted by Gasteiger charge is -2.26. The van der Waals surface area contributed by atoms with Gasteiger partial charge >= 0.3 is 0 Å². The van der Waals surface area contributed by atoms with Crippen LogP contribution in [0.25, 0.3) is 77.9 Å². The summed E-state index contributed by atoms with van der Waals surface area (Å²) < 4.78 is 12.9. The lowest BCUT2D eigenvalue weighted by Crippen LogP contribution is -2.10. The molecule has 0 aliphatic carbocycles. The minimum absolute atomic E-state index is 0.595. The second kappa shape index (κ2) is 12.9. The van der Waals surface area contributed by atoms with Gasteiger partial charge in [-0.2, -0.15) is 0 Å². The molecule has 0 fully saturated rings. The number of fused-ring (bicyclic) bond motifs is 5. The largest absolute Gasteiger partial charge is 0.456 e. The van der Waals surface area contributed by atoms with Crippen molar-refractivity contribution in [3.05, 3.63) is 194 Å². The summed E-state index contributed by atoms with van der Waals surface area (Å²) in [7, 11) is 0. The van der Waals surface area contributed by atoms with Gasteiger partial charge in [0.1, 0.15) is 16.7 Å². The van der Waals surface area contributed by atoms with Crippen molar-refractivity contribution in [3.8, 4) is 44.8 Å². The summed E-state index contributed by atoms with van der Waals surface area (Å²) in [6.07, 6.45) is 0. The normalized spacial score (nSPS) is 11.4. The van der Waals surface area contributed by atoms with Crippen LogP contribution in [0.1, 0.15) is 0 Å². The quantitative estimate of drug-likeness (QED) is 0.168. The maximum Gasteiger partial charge on any atom is 0.227 e. The third-order valence-corrected chi connectivity index (χ3v) is 9.92. The highest BCUT2D eigenvalue weighted by molar-refractivity contribution is 6.20. The van der Waals surface area contributed by atoms with E-state index in [4.69, 9.17) is 13.8 Å². The van der Waals surface area contributed by atoms with Gasteiger partial charge in [-0.05, 0) is 100 Å². The van der Waals surface area contributed by atoms with E-state index in [1.807, 2.05) is 48.5 Å². The Balaban J connectivity index is 1.09. The maximum absolute atomic E-state index is 6.47. The minimum atomic E-state index is 0.595. The Kier molecular flexibility index (Phi) is 7.43. The Labute approximate surface area is 306 Å². The predicted molar refractivity (Wildman–Crippen MR) is 218 cm³/mol. The van der Waals surface area contributed by atoms with E-state index in [0.717, 1.165) is 66.8 Å². The van der Waals surface area contributed by atoms with Crippen LogP contribution in [0.15, 0.2) is 203 Å². The van der Waals surface area contributed by atoms with Crippen molar-refractivity contribution in [3.63, 3.8) is 0 Å². The van der Waals surface area contributed by atoms with Crippen LogP contribution in [-0.4, -0.2) is 4.98 Å². The van der Waals surface area contributed by atoms with Crippen molar-refractivity contribution in [2.75, 3.05) is 4.90 Å². The maximum atomic E-state index is 6.47. The average Bonchev–Trinajstić information content (AvgIpc) is 3.85. The number of hydrogen-bond donors (Lipinski definition) is 0. The predicted octanol–water partition coefficient (Wildman–Crippen LogP) is 13.9. The SMILES string of the molecule is c1ccc(-c2ccc(N(c3ccc(-c4cccc5oc6ccc7nc(-c8ccccc8)oc7c6c45)cc3)c3cccc(-c4ccccc4)c3)cc2)cc1. The minimum Gasteiger partial charge on any atom is -0.456 e. The molecule has 250 valence electrons. The molecule has 4 heteroatoms. The van der Waals surface area contributed by atoms with E-state index in [-0.39, 0.29) is 0 Å². The number of hydrogen-bond acceptors (Lipinski definition) is 4. The van der Waals surface area contributed by atoms with E-state index in [0.29, 0.717) is 5.89 Å². The van der Waals surface area contributed by atoms with E-state index >= 15 is 0 Å². The van der Waals surface area contributed by atoms with Gasteiger partial charge in [0.05, 0.1) is 5.39 Å². The van der Waals surface area contributed by atoms with Gasteiger partial charge in [-0.15, -0.1) is 0 Å². The van der Waals surface area contributed by atoms with Crippen molar-refractivity contribution in [1.29, 1.82) is 0 Å². The van der Waals surface area contributed by atoms with Gasteiger partial charge in [0.25, 0.3) is 0 Å². The van der Waals surface area contributed by atoms with Crippen molar-refractivity contribution >= 4 is 50.1 Å². The summed E-state index contributed by atoms with van der Waals surface area (Å²) in [5.41, 5.74) is 14.1. The first kappa shape index (κ1) is 30.6. The number of furan rings is 1. The lowest BCUT2D eigenvalue weighted by molar-refractivity contribution is 0.622. The van der Waals surface area contributed by atoms with Crippen molar-refractivity contribution < 1.29 is 8.83 Å². The highest BCUT2D eigenvalue weighted by Crippen LogP contribution is 2.43. The Morgan fingerprint density at radius 3 is 1.58 bits per heavy atom. The van der Waals surface area contributed by atoms with E-state index in [1.54, 1.807) is 0 Å². The van der Waals surface area contributed by atoms with Gasteiger partial charge in [-0.1, -0.05) is 127 Å². The summed E-state index contributed by atoms with van der Waals surface area (Å²) in [5.74, 6) is 0.595. The van der Waals surface area contributed by atoms with Crippen LogP contribution >= 0.6 is 0 Å². The Morgan fingerprint density at radius 1 is 0.358 bits per heavy atom. The van der Waals surface area contributed by atoms with E-state index in [2.05, 4.69) is 150 Å². The van der Waals surface area contributed by atoms with Crippen LogP contribution in [0.2, 0.25) is 0 Å². The molecule has 2 heterocycles. The Hall–Kier alpha value is -7.17. The number of nitrogens with zero attached hydrogens (tertiary/aromatic N) is 2. The van der Waals surface area contributed by atoms with E-state index in [1.165, 1.54) is 22.3 Å². The van der Waals surface area contributed by atoms with Gasteiger partial charge in [-0.3, -0.25) is 0 Å². The lowest BCUT2D eigenvalue weighted by atomic mass is 9.98. The first-order chi connectivity index (χ1) is 26.3. The van der Waals surface area contributed by atoms with Crippen molar-refractivity contribution in [2.45, 2.75) is 0 Å². The second-order valence-corrected chi connectivity index (χ2v) is 13.2. The first-order valence-corrected chi connectivity index (χ1v) is 17.8. The van der Waals surface area contributed by atoms with Gasteiger partial charge in [0, 0.05) is 28.0 Å². The summed E-state index contributed by atoms with van der Waals surface area (Å²) in [6, 6.07) is 67.6. The van der Waals surface area contributed by atoms with Crippen LogP contribution in [0, 0.1) is 0 Å². The smallest absolute Gasteiger partial charge is 0.227 e. The third-order valence-electron chi connectivity index (χ3n) is 9.92. The first-order valence-electron chi connectivity index (χ1n) is 17.8. The molecule has 4 nitrogen and oxygen atoms in total. The Morgan fingerprint density at radius 2 is 0.906 bits per heavy atom. The van der Waals surface area contributed by atoms with Crippen LogP contribution in [0.4, 0.5) is 17.1 Å². The van der Waals surface area contributed by atoms with Crippen LogP contribution in [0.5, 0.6) is 0 Å². The summed E-state index contributed by atoms with van der Waals surface area (Å²) >= 11 is 0. The molecule has 0 N–H and O–H groups in total. The molecule has 0 aliphatic rings. The fraction of sp³-hybridized carbons (Fsp3) is 0. The summed E-state index contributed by atoms with van der Waals surface area (Å²) in [5, 5.41) is 1.95. The number of benzene rings is 8. The summed E-state index contributed by atoms with van der Waals surface area (Å²) in [4.78, 5) is 7.17. The van der Waals surface area contributed by atoms with Gasteiger partial charge in [-0.25, -0.2) is 4.98 Å². The topological polar surface area (TPSA) is 42.4 Å². The molecule has 0 aliphatic heterocycles. The number of oxazole rings is 1. The van der Waals surface area contributed by atoms with Crippen LogP contribution in [0.3, 0.4) is 0 Å². The molecule has 0 radical (unpaired) electrons. The number of aromatic nitrogens is 1. The number of rotatable bonds is 7. The van der Waals surface area contributed by atoms with E-state index in [9.17, 15) is 0 Å². The molecule has 0 atom stereocenters. The Bertz CT molecular complexity index is 2860. The summed E-state index contributed by atoms with van der Waals surface area (Å²) in [6.45, 7) is 0. The zero-order valence-electron chi connectivity index (χ0n) is 28.7. The molecule has 0 amide bonds. The highest BCUT2D eigenvalue weighted by Gasteiger charge is 2.20. The molecule has 0 unspecified atom stereocenters. The zero-order chi connectivity index (χ0) is 35.1. The van der Waals surface area contributed by atoms with Gasteiger partial charge < -0.3 is 13.7 Å². The molecular formula is C49H32N2O2. The molecule has 0 saturated heterocycles. The third kappa shape index (κ3) is 5.54. The monoisotopic (exact) mass is 680 g/mol. The second-order valence-electron chi connectivity index (χ2n) is 13.2. The van der Waals surface area contributed by atoms with Gasteiger partial charge in [0.15, 0.2) is 5.58 Å². The van der Waals surface area contributed by atoms with E-state index < -0.39 is 0 Å². The zero-order valence-corrected chi connectivity index (χ0v) is 28.7. The number of anilines is 3. The molecule has 0 bridgehead atoms. The van der Waals surface area contributed by atoms with Crippen molar-refractivity contribution in [1.82, 2.24) is 4.98 Å². The molecular weight excluding hydrogens is 649 g/mol. The molecule has 53 heavy (non-hydrogen) atoms. The molecule has 10 rings (SSSR count). The average molecular weight is 681 g/mol. The van der Waals surface area contributed by atoms with Crippen LogP contribution in [-0.2, 0) is 0 Å². The van der Waals surface area contributed by atoms with Crippen molar-refractivity contribution in [2.24, 2.45) is 0 Å². The molecule has 0 saturated carbocycles. The fourth-order valence-electron chi connectivity index (χ4n) is 7.36. The molecule has 8 aromatic carbocycles. The van der Waals surface area contributed by atoms with Gasteiger partial charge in [0.2, 0.25) is 5.89 Å². The fourth-order valence-corrected chi connectivity index (χ4v) is 7.36. The highest BCUT2D eigenvalue weighted by atomic mass is 16.4. The molecule has 10 aromatic rings. The standard InChI is InChI=1S/C49H32N2O2/c1-4-12-33(13-5-1)35-22-26-39(27-23-35)51(41-19-10-18-38(32-41)34-14-6-2-7-15-34)40-28-24-36(25-29-40)42-20-11-21-44-46(42)47-45(52-44)31-30-43-48(47)53-49(50-43)37-16-8-3-9-17-37/h1-32H. The molecule has 0 spiro atoms.